The maximum Gasteiger partial charge on any atom is 0.282 e. The van der Waals surface area contributed by atoms with Crippen LogP contribution in [-0.4, -0.2) is 43.7 Å². The molecule has 0 aliphatic carbocycles. The Bertz CT molecular complexity index is 1160. The second-order valence-corrected chi connectivity index (χ2v) is 6.96. The van der Waals surface area contributed by atoms with E-state index in [1.807, 2.05) is 37.3 Å². The molecule has 4 aromatic rings. The van der Waals surface area contributed by atoms with Crippen molar-refractivity contribution in [3.63, 3.8) is 0 Å². The van der Waals surface area contributed by atoms with Crippen molar-refractivity contribution in [3.8, 4) is 16.8 Å². The molecule has 4 heterocycles. The van der Waals surface area contributed by atoms with Crippen LogP contribution in [0.5, 0.6) is 0 Å². The second kappa shape index (κ2) is 6.05. The van der Waals surface area contributed by atoms with Crippen molar-refractivity contribution in [1.82, 2.24) is 24.7 Å². The third kappa shape index (κ3) is 2.69. The zero-order valence-corrected chi connectivity index (χ0v) is 15.0. The minimum atomic E-state index is -2.67. The second-order valence-electron chi connectivity index (χ2n) is 6.96. The van der Waals surface area contributed by atoms with Gasteiger partial charge in [0.1, 0.15) is 12.1 Å². The number of aryl methyl sites for hydroxylation is 1. The lowest BCUT2D eigenvalue weighted by molar-refractivity contribution is -0.0266. The van der Waals surface area contributed by atoms with Crippen LogP contribution >= 0.6 is 0 Å². The van der Waals surface area contributed by atoms with E-state index in [4.69, 9.17) is 0 Å². The number of nitrogens with zero attached hydrogens (tertiary/aromatic N) is 6. The molecule has 6 nitrogen and oxygen atoms in total. The number of aromatic nitrogens is 5. The molecule has 0 bridgehead atoms. The van der Waals surface area contributed by atoms with Gasteiger partial charge in [-0.25, -0.2) is 28.4 Å². The van der Waals surface area contributed by atoms with Crippen LogP contribution in [0.4, 0.5) is 14.6 Å². The van der Waals surface area contributed by atoms with Gasteiger partial charge in [-0.05, 0) is 25.1 Å². The van der Waals surface area contributed by atoms with Gasteiger partial charge in [-0.15, -0.1) is 0 Å². The quantitative estimate of drug-likeness (QED) is 0.545. The Morgan fingerprint density at radius 2 is 1.75 bits per heavy atom. The van der Waals surface area contributed by atoms with Crippen molar-refractivity contribution < 1.29 is 8.78 Å². The van der Waals surface area contributed by atoms with Crippen LogP contribution in [0.2, 0.25) is 0 Å². The Balaban J connectivity index is 1.63. The Morgan fingerprint density at radius 1 is 0.964 bits per heavy atom. The van der Waals surface area contributed by atoms with Gasteiger partial charge >= 0.3 is 0 Å². The molecule has 0 spiro atoms. The summed E-state index contributed by atoms with van der Waals surface area (Å²) in [6.45, 7) is 1.35. The first-order valence-electron chi connectivity index (χ1n) is 8.85. The van der Waals surface area contributed by atoms with Gasteiger partial charge in [-0.2, -0.15) is 5.10 Å². The molecule has 5 rings (SSSR count). The van der Waals surface area contributed by atoms with E-state index in [-0.39, 0.29) is 13.1 Å². The number of rotatable bonds is 3. The molecule has 0 radical (unpaired) electrons. The zero-order valence-electron chi connectivity index (χ0n) is 15.0. The molecule has 0 atom stereocenters. The number of halogens is 2. The number of hydrogen-bond donors (Lipinski definition) is 0. The largest absolute Gasteiger partial charge is 0.344 e. The number of fused-ring (bicyclic) bond motifs is 1. The lowest BCUT2D eigenvalue weighted by Crippen LogP contribution is -2.56. The Morgan fingerprint density at radius 3 is 2.50 bits per heavy atom. The summed E-state index contributed by atoms with van der Waals surface area (Å²) in [6, 6.07) is 9.83. The third-order valence-corrected chi connectivity index (χ3v) is 4.88. The fourth-order valence-electron chi connectivity index (χ4n) is 3.47. The van der Waals surface area contributed by atoms with E-state index >= 15 is 0 Å². The Hall–Kier alpha value is -3.42. The molecule has 0 N–H and O–H groups in total. The lowest BCUT2D eigenvalue weighted by atomic mass is 10.0. The molecule has 0 saturated carbocycles. The summed E-state index contributed by atoms with van der Waals surface area (Å²) in [5, 5.41) is 5.30. The molecule has 1 aliphatic rings. The highest BCUT2D eigenvalue weighted by molar-refractivity contribution is 5.96. The van der Waals surface area contributed by atoms with Gasteiger partial charge < -0.3 is 4.90 Å². The minimum Gasteiger partial charge on any atom is -0.344 e. The molecule has 28 heavy (non-hydrogen) atoms. The van der Waals surface area contributed by atoms with Gasteiger partial charge in [0, 0.05) is 28.9 Å². The van der Waals surface area contributed by atoms with Gasteiger partial charge in [-0.1, -0.05) is 17.7 Å². The molecule has 0 amide bonds. The predicted molar refractivity (Wildman–Crippen MR) is 102 cm³/mol. The molecule has 8 heteroatoms. The first kappa shape index (κ1) is 16.7. The monoisotopic (exact) mass is 378 g/mol. The summed E-state index contributed by atoms with van der Waals surface area (Å²) in [4.78, 5) is 14.4. The van der Waals surface area contributed by atoms with Crippen LogP contribution in [0.3, 0.4) is 0 Å². The fourth-order valence-corrected chi connectivity index (χ4v) is 3.47. The SMILES string of the molecule is Cc1ccc(-n2ncc3c(-c4cncnc4N4CC(F)(F)C4)ccnc32)cc1. The van der Waals surface area contributed by atoms with Gasteiger partial charge in [0.25, 0.3) is 5.92 Å². The van der Waals surface area contributed by atoms with Crippen molar-refractivity contribution >= 4 is 16.9 Å². The zero-order chi connectivity index (χ0) is 19.3. The van der Waals surface area contributed by atoms with E-state index in [1.165, 1.54) is 6.33 Å². The smallest absolute Gasteiger partial charge is 0.282 e. The standard InChI is InChI=1S/C20H16F2N6/c1-13-2-4-14(5-3-13)28-19-17(9-26-28)15(6-7-24-19)16-8-23-12-25-18(16)27-10-20(21,22)11-27/h2-9,12H,10-11H2,1H3. The van der Waals surface area contributed by atoms with E-state index in [0.29, 0.717) is 17.0 Å². The van der Waals surface area contributed by atoms with E-state index in [1.54, 1.807) is 28.2 Å². The molecule has 1 fully saturated rings. The van der Waals surface area contributed by atoms with Gasteiger partial charge in [-0.3, -0.25) is 0 Å². The summed E-state index contributed by atoms with van der Waals surface area (Å²) in [7, 11) is 0. The maximum absolute atomic E-state index is 13.4. The molecule has 0 unspecified atom stereocenters. The molecular weight excluding hydrogens is 362 g/mol. The van der Waals surface area contributed by atoms with Crippen molar-refractivity contribution in [1.29, 1.82) is 0 Å². The molecule has 140 valence electrons. The molecule has 1 saturated heterocycles. The van der Waals surface area contributed by atoms with E-state index in [0.717, 1.165) is 22.2 Å². The number of anilines is 1. The number of alkyl halides is 2. The van der Waals surface area contributed by atoms with Gasteiger partial charge in [0.2, 0.25) is 0 Å². The summed E-state index contributed by atoms with van der Waals surface area (Å²) in [6.07, 6.45) is 6.45. The van der Waals surface area contributed by atoms with Crippen LogP contribution in [0.15, 0.2) is 55.2 Å². The van der Waals surface area contributed by atoms with E-state index in [9.17, 15) is 8.78 Å². The number of pyridine rings is 1. The minimum absolute atomic E-state index is 0.339. The average molecular weight is 378 g/mol. The predicted octanol–water partition coefficient (Wildman–Crippen LogP) is 3.64. The Kier molecular flexibility index (Phi) is 3.61. The topological polar surface area (TPSA) is 59.7 Å². The summed E-state index contributed by atoms with van der Waals surface area (Å²) in [5.41, 5.74) is 4.25. The Labute approximate surface area is 159 Å². The van der Waals surface area contributed by atoms with Gasteiger partial charge in [0.15, 0.2) is 5.65 Å². The van der Waals surface area contributed by atoms with Crippen LogP contribution in [0.1, 0.15) is 5.56 Å². The van der Waals surface area contributed by atoms with Crippen LogP contribution < -0.4 is 4.90 Å². The average Bonchev–Trinajstić information content (AvgIpc) is 3.11. The van der Waals surface area contributed by atoms with Crippen molar-refractivity contribution in [3.05, 3.63) is 60.8 Å². The summed E-state index contributed by atoms with van der Waals surface area (Å²) in [5.74, 6) is -2.18. The summed E-state index contributed by atoms with van der Waals surface area (Å²) < 4.78 is 28.5. The number of hydrogen-bond acceptors (Lipinski definition) is 5. The van der Waals surface area contributed by atoms with E-state index < -0.39 is 5.92 Å². The van der Waals surface area contributed by atoms with Crippen molar-refractivity contribution in [2.24, 2.45) is 0 Å². The normalized spacial score (nSPS) is 15.6. The first-order chi connectivity index (χ1) is 13.5. The molecule has 1 aliphatic heterocycles. The third-order valence-electron chi connectivity index (χ3n) is 4.88. The van der Waals surface area contributed by atoms with Crippen LogP contribution in [-0.2, 0) is 0 Å². The van der Waals surface area contributed by atoms with Crippen molar-refractivity contribution in [2.45, 2.75) is 12.8 Å². The highest BCUT2D eigenvalue weighted by Gasteiger charge is 2.45. The van der Waals surface area contributed by atoms with Gasteiger partial charge in [0.05, 0.1) is 25.0 Å². The van der Waals surface area contributed by atoms with Crippen LogP contribution in [0.25, 0.3) is 27.8 Å². The maximum atomic E-state index is 13.4. The molecule has 1 aromatic carbocycles. The van der Waals surface area contributed by atoms with Crippen LogP contribution in [0, 0.1) is 6.92 Å². The number of benzene rings is 1. The highest BCUT2D eigenvalue weighted by atomic mass is 19.3. The summed E-state index contributed by atoms with van der Waals surface area (Å²) >= 11 is 0. The highest BCUT2D eigenvalue weighted by Crippen LogP contribution is 2.38. The molecule has 3 aromatic heterocycles. The van der Waals surface area contributed by atoms with E-state index in [2.05, 4.69) is 20.1 Å². The first-order valence-corrected chi connectivity index (χ1v) is 8.85. The fraction of sp³-hybridized carbons (Fsp3) is 0.200. The molecular formula is C20H16F2N6. The van der Waals surface area contributed by atoms with Crippen molar-refractivity contribution in [2.75, 3.05) is 18.0 Å². The lowest BCUT2D eigenvalue weighted by Gasteiger charge is -2.40.